The first-order valence-electron chi connectivity index (χ1n) is 5.87. The van der Waals surface area contributed by atoms with E-state index in [1.54, 1.807) is 0 Å². The maximum absolute atomic E-state index is 11.2. The van der Waals surface area contributed by atoms with Crippen LogP contribution in [0.15, 0.2) is 12.3 Å². The Bertz CT molecular complexity index is 462. The first-order chi connectivity index (χ1) is 8.39. The Kier molecular flexibility index (Phi) is 3.21. The van der Waals surface area contributed by atoms with Gasteiger partial charge in [-0.1, -0.05) is 0 Å². The molecule has 0 spiro atoms. The number of anilines is 1. The first-order valence-corrected chi connectivity index (χ1v) is 5.87. The normalized spacial score (nSPS) is 22.8. The lowest BCUT2D eigenvalue weighted by atomic mass is 10.0. The lowest BCUT2D eigenvalue weighted by Gasteiger charge is -2.42. The van der Waals surface area contributed by atoms with Crippen LogP contribution in [0.5, 0.6) is 0 Å². The molecule has 2 heterocycles. The molecule has 6 nitrogen and oxygen atoms in total. The van der Waals surface area contributed by atoms with Crippen molar-refractivity contribution in [3.05, 3.63) is 17.8 Å². The minimum atomic E-state index is -0.989. The third-order valence-electron chi connectivity index (χ3n) is 2.80. The molecular weight excluding hydrogens is 234 g/mol. The molecule has 0 aliphatic carbocycles. The molecule has 1 saturated heterocycles. The highest BCUT2D eigenvalue weighted by molar-refractivity contribution is 5.93. The second-order valence-corrected chi connectivity index (χ2v) is 5.14. The van der Waals surface area contributed by atoms with Gasteiger partial charge in [-0.2, -0.15) is 5.10 Å². The van der Waals surface area contributed by atoms with Crippen molar-refractivity contribution in [2.24, 2.45) is 0 Å². The molecule has 1 fully saturated rings. The topological polar surface area (TPSA) is 75.6 Å². The van der Waals surface area contributed by atoms with Gasteiger partial charge in [0.2, 0.25) is 0 Å². The van der Waals surface area contributed by atoms with Crippen LogP contribution in [0.1, 0.15) is 31.1 Å². The van der Waals surface area contributed by atoms with E-state index < -0.39 is 5.97 Å². The monoisotopic (exact) mass is 251 g/mol. The van der Waals surface area contributed by atoms with Crippen LogP contribution in [0.2, 0.25) is 0 Å². The van der Waals surface area contributed by atoms with E-state index in [1.807, 2.05) is 25.7 Å². The van der Waals surface area contributed by atoms with Crippen molar-refractivity contribution in [3.8, 4) is 0 Å². The number of morpholine rings is 1. The Morgan fingerprint density at radius 2 is 2.33 bits per heavy atom. The standard InChI is InChI=1S/C12H17N3O3/c1-8-6-15(7-12(2,3)18-8)10-9(11(16)17)4-5-13-14-10/h4-5,8H,6-7H2,1-3H3,(H,16,17). The summed E-state index contributed by atoms with van der Waals surface area (Å²) >= 11 is 0. The zero-order valence-electron chi connectivity index (χ0n) is 10.8. The number of aromatic carboxylic acids is 1. The molecule has 0 bridgehead atoms. The molecule has 1 aliphatic rings. The van der Waals surface area contributed by atoms with Gasteiger partial charge in [0.15, 0.2) is 5.82 Å². The zero-order valence-corrected chi connectivity index (χ0v) is 10.8. The molecule has 1 unspecified atom stereocenters. The molecule has 1 aromatic rings. The lowest BCUT2D eigenvalue weighted by Crippen LogP contribution is -2.52. The number of carbonyl (C=O) groups is 1. The molecule has 1 aliphatic heterocycles. The highest BCUT2D eigenvalue weighted by Crippen LogP contribution is 2.26. The summed E-state index contributed by atoms with van der Waals surface area (Å²) in [6, 6.07) is 1.47. The summed E-state index contributed by atoms with van der Waals surface area (Å²) < 4.78 is 5.79. The molecular formula is C12H17N3O3. The minimum absolute atomic E-state index is 0.0254. The number of nitrogens with zero attached hydrogens (tertiary/aromatic N) is 3. The zero-order chi connectivity index (χ0) is 13.3. The van der Waals surface area contributed by atoms with Gasteiger partial charge in [-0.05, 0) is 26.8 Å². The van der Waals surface area contributed by atoms with Crippen molar-refractivity contribution in [1.82, 2.24) is 10.2 Å². The quantitative estimate of drug-likeness (QED) is 0.850. The lowest BCUT2D eigenvalue weighted by molar-refractivity contribution is -0.0752. The Morgan fingerprint density at radius 1 is 1.61 bits per heavy atom. The van der Waals surface area contributed by atoms with Gasteiger partial charge in [0, 0.05) is 13.1 Å². The summed E-state index contributed by atoms with van der Waals surface area (Å²) in [5.74, 6) is -0.579. The van der Waals surface area contributed by atoms with Crippen LogP contribution in [-0.2, 0) is 4.74 Å². The molecule has 0 radical (unpaired) electrons. The highest BCUT2D eigenvalue weighted by atomic mass is 16.5. The SMILES string of the molecule is CC1CN(c2nnccc2C(=O)O)CC(C)(C)O1. The molecule has 0 saturated carbocycles. The van der Waals surface area contributed by atoms with Gasteiger partial charge in [-0.3, -0.25) is 0 Å². The maximum Gasteiger partial charge on any atom is 0.339 e. The van der Waals surface area contributed by atoms with E-state index in [2.05, 4.69) is 10.2 Å². The van der Waals surface area contributed by atoms with E-state index in [9.17, 15) is 4.79 Å². The summed E-state index contributed by atoms with van der Waals surface area (Å²) in [6.07, 6.45) is 1.42. The molecule has 0 amide bonds. The molecule has 1 atom stereocenters. The van der Waals surface area contributed by atoms with Crippen molar-refractivity contribution in [2.75, 3.05) is 18.0 Å². The van der Waals surface area contributed by atoms with Crippen LogP contribution in [0.25, 0.3) is 0 Å². The van der Waals surface area contributed by atoms with Gasteiger partial charge in [-0.25, -0.2) is 4.79 Å². The largest absolute Gasteiger partial charge is 0.478 e. The smallest absolute Gasteiger partial charge is 0.339 e. The van der Waals surface area contributed by atoms with E-state index in [-0.39, 0.29) is 17.3 Å². The van der Waals surface area contributed by atoms with Crippen LogP contribution in [0.3, 0.4) is 0 Å². The summed E-state index contributed by atoms with van der Waals surface area (Å²) in [5, 5.41) is 16.9. The second-order valence-electron chi connectivity index (χ2n) is 5.14. The van der Waals surface area contributed by atoms with E-state index in [0.717, 1.165) is 0 Å². The van der Waals surface area contributed by atoms with E-state index >= 15 is 0 Å². The van der Waals surface area contributed by atoms with Crippen LogP contribution in [0.4, 0.5) is 5.82 Å². The van der Waals surface area contributed by atoms with Crippen molar-refractivity contribution < 1.29 is 14.6 Å². The van der Waals surface area contributed by atoms with Gasteiger partial charge < -0.3 is 14.7 Å². The Morgan fingerprint density at radius 3 is 2.94 bits per heavy atom. The van der Waals surface area contributed by atoms with Crippen LogP contribution in [-0.4, -0.2) is 46.1 Å². The van der Waals surface area contributed by atoms with Crippen LogP contribution < -0.4 is 4.90 Å². The first kappa shape index (κ1) is 12.8. The highest BCUT2D eigenvalue weighted by Gasteiger charge is 2.33. The van der Waals surface area contributed by atoms with Gasteiger partial charge in [0.05, 0.1) is 17.9 Å². The van der Waals surface area contributed by atoms with Crippen molar-refractivity contribution >= 4 is 11.8 Å². The van der Waals surface area contributed by atoms with Gasteiger partial charge in [0.25, 0.3) is 0 Å². The van der Waals surface area contributed by atoms with E-state index in [0.29, 0.717) is 18.9 Å². The van der Waals surface area contributed by atoms with Crippen molar-refractivity contribution in [1.29, 1.82) is 0 Å². The predicted molar refractivity (Wildman–Crippen MR) is 65.8 cm³/mol. The van der Waals surface area contributed by atoms with E-state index in [4.69, 9.17) is 9.84 Å². The van der Waals surface area contributed by atoms with Crippen molar-refractivity contribution in [3.63, 3.8) is 0 Å². The number of rotatable bonds is 2. The molecule has 98 valence electrons. The molecule has 2 rings (SSSR count). The molecule has 6 heteroatoms. The number of aromatic nitrogens is 2. The third-order valence-corrected chi connectivity index (χ3v) is 2.80. The van der Waals surface area contributed by atoms with Gasteiger partial charge >= 0.3 is 5.97 Å². The predicted octanol–water partition coefficient (Wildman–Crippen LogP) is 1.18. The van der Waals surface area contributed by atoms with Crippen LogP contribution >= 0.6 is 0 Å². The number of hydrogen-bond donors (Lipinski definition) is 1. The fraction of sp³-hybridized carbons (Fsp3) is 0.583. The Balaban J connectivity index is 2.34. The summed E-state index contributed by atoms with van der Waals surface area (Å²) in [6.45, 7) is 7.13. The summed E-state index contributed by atoms with van der Waals surface area (Å²) in [4.78, 5) is 13.1. The molecule has 0 aromatic carbocycles. The average molecular weight is 251 g/mol. The number of ether oxygens (including phenoxy) is 1. The van der Waals surface area contributed by atoms with Crippen LogP contribution in [0, 0.1) is 0 Å². The Labute approximate surface area is 106 Å². The average Bonchev–Trinajstić information content (AvgIpc) is 2.26. The number of carboxylic acid groups (broad SMARTS) is 1. The summed E-state index contributed by atoms with van der Waals surface area (Å²) in [5.41, 5.74) is -0.153. The second kappa shape index (κ2) is 4.53. The van der Waals surface area contributed by atoms with Crippen molar-refractivity contribution in [2.45, 2.75) is 32.5 Å². The van der Waals surface area contributed by atoms with E-state index in [1.165, 1.54) is 12.3 Å². The minimum Gasteiger partial charge on any atom is -0.478 e. The summed E-state index contributed by atoms with van der Waals surface area (Å²) in [7, 11) is 0. The molecule has 1 N–H and O–H groups in total. The Hall–Kier alpha value is -1.69. The molecule has 1 aromatic heterocycles. The fourth-order valence-corrected chi connectivity index (χ4v) is 2.34. The van der Waals surface area contributed by atoms with Gasteiger partial charge in [-0.15, -0.1) is 5.10 Å². The maximum atomic E-state index is 11.2. The number of carboxylic acids is 1. The third kappa shape index (κ3) is 2.59. The fourth-order valence-electron chi connectivity index (χ4n) is 2.34. The molecule has 18 heavy (non-hydrogen) atoms. The van der Waals surface area contributed by atoms with Gasteiger partial charge in [0.1, 0.15) is 5.56 Å². The number of hydrogen-bond acceptors (Lipinski definition) is 5.